The second-order valence-electron chi connectivity index (χ2n) is 3.77. The predicted molar refractivity (Wildman–Crippen MR) is 66.4 cm³/mol. The standard InChI is InChI=1S/C11H13Br2N/c1-14-11(7-2-3-7)9-5-4-8(12)6-10(9)13/h4-7,11,14H,2-3H2,1H3. The molecule has 3 heteroatoms. The minimum absolute atomic E-state index is 0.512. The van der Waals surface area contributed by atoms with E-state index in [1.807, 2.05) is 7.05 Å². The van der Waals surface area contributed by atoms with E-state index in [9.17, 15) is 0 Å². The Labute approximate surface area is 102 Å². The molecule has 1 nitrogen and oxygen atoms in total. The van der Waals surface area contributed by atoms with Crippen LogP contribution in [0.5, 0.6) is 0 Å². The molecule has 0 heterocycles. The van der Waals surface area contributed by atoms with E-state index in [1.54, 1.807) is 0 Å². The van der Waals surface area contributed by atoms with Gasteiger partial charge in [-0.15, -0.1) is 0 Å². The molecule has 1 aliphatic carbocycles. The van der Waals surface area contributed by atoms with Crippen molar-refractivity contribution in [2.75, 3.05) is 7.05 Å². The van der Waals surface area contributed by atoms with Crippen LogP contribution in [0.25, 0.3) is 0 Å². The van der Waals surface area contributed by atoms with Gasteiger partial charge >= 0.3 is 0 Å². The Balaban J connectivity index is 2.29. The van der Waals surface area contributed by atoms with Crippen molar-refractivity contribution in [2.24, 2.45) is 5.92 Å². The van der Waals surface area contributed by atoms with Crippen LogP contribution in [-0.2, 0) is 0 Å². The summed E-state index contributed by atoms with van der Waals surface area (Å²) in [5.41, 5.74) is 1.37. The molecule has 0 saturated heterocycles. The Bertz CT molecular complexity index is 334. The molecule has 2 rings (SSSR count). The average Bonchev–Trinajstić information content (AvgIpc) is 2.93. The van der Waals surface area contributed by atoms with Crippen LogP contribution in [0.2, 0.25) is 0 Å². The second-order valence-corrected chi connectivity index (χ2v) is 5.54. The van der Waals surface area contributed by atoms with Crippen molar-refractivity contribution in [1.82, 2.24) is 5.32 Å². The zero-order valence-corrected chi connectivity index (χ0v) is 11.2. The van der Waals surface area contributed by atoms with Crippen molar-refractivity contribution in [3.63, 3.8) is 0 Å². The maximum Gasteiger partial charge on any atom is 0.0357 e. The van der Waals surface area contributed by atoms with Gasteiger partial charge in [-0.25, -0.2) is 0 Å². The summed E-state index contributed by atoms with van der Waals surface area (Å²) in [6.45, 7) is 0. The lowest BCUT2D eigenvalue weighted by Crippen LogP contribution is -2.18. The molecule has 0 aromatic heterocycles. The topological polar surface area (TPSA) is 12.0 Å². The number of nitrogens with one attached hydrogen (secondary N) is 1. The van der Waals surface area contributed by atoms with Crippen molar-refractivity contribution in [2.45, 2.75) is 18.9 Å². The normalized spacial score (nSPS) is 18.2. The molecule has 0 aliphatic heterocycles. The number of benzene rings is 1. The Kier molecular flexibility index (Phi) is 3.30. The van der Waals surface area contributed by atoms with E-state index in [0.29, 0.717) is 6.04 Å². The molecule has 0 radical (unpaired) electrons. The van der Waals surface area contributed by atoms with E-state index in [-0.39, 0.29) is 0 Å². The molecule has 1 N–H and O–H groups in total. The fraction of sp³-hybridized carbons (Fsp3) is 0.455. The summed E-state index contributed by atoms with van der Waals surface area (Å²) in [4.78, 5) is 0. The molecule has 1 fully saturated rings. The van der Waals surface area contributed by atoms with Gasteiger partial charge in [0.1, 0.15) is 0 Å². The molecule has 1 saturated carbocycles. The molecule has 14 heavy (non-hydrogen) atoms. The van der Waals surface area contributed by atoms with Crippen LogP contribution in [0.1, 0.15) is 24.4 Å². The molecule has 1 unspecified atom stereocenters. The second kappa shape index (κ2) is 4.33. The van der Waals surface area contributed by atoms with Crippen molar-refractivity contribution >= 4 is 31.9 Å². The highest BCUT2D eigenvalue weighted by atomic mass is 79.9. The third-order valence-electron chi connectivity index (χ3n) is 2.70. The Morgan fingerprint density at radius 2 is 2.07 bits per heavy atom. The lowest BCUT2D eigenvalue weighted by Gasteiger charge is -2.17. The molecule has 0 bridgehead atoms. The fourth-order valence-corrected chi connectivity index (χ4v) is 3.12. The van der Waals surface area contributed by atoms with Crippen molar-refractivity contribution < 1.29 is 0 Å². The molecule has 0 amide bonds. The molecule has 76 valence electrons. The lowest BCUT2D eigenvalue weighted by atomic mass is 10.0. The summed E-state index contributed by atoms with van der Waals surface area (Å²) in [5.74, 6) is 0.831. The first-order valence-corrected chi connectivity index (χ1v) is 6.43. The quantitative estimate of drug-likeness (QED) is 0.891. The first kappa shape index (κ1) is 10.7. The van der Waals surface area contributed by atoms with Crippen LogP contribution in [-0.4, -0.2) is 7.05 Å². The highest BCUT2D eigenvalue weighted by molar-refractivity contribution is 9.11. The van der Waals surface area contributed by atoms with Crippen molar-refractivity contribution in [3.05, 3.63) is 32.7 Å². The van der Waals surface area contributed by atoms with Crippen LogP contribution in [0.4, 0.5) is 0 Å². The van der Waals surface area contributed by atoms with Crippen LogP contribution in [0.3, 0.4) is 0 Å². The summed E-state index contributed by atoms with van der Waals surface area (Å²) < 4.78 is 2.32. The van der Waals surface area contributed by atoms with E-state index < -0.39 is 0 Å². The minimum atomic E-state index is 0.512. The fourth-order valence-electron chi connectivity index (χ4n) is 1.83. The highest BCUT2D eigenvalue weighted by Crippen LogP contribution is 2.43. The van der Waals surface area contributed by atoms with Gasteiger partial charge in [0.25, 0.3) is 0 Å². The zero-order valence-electron chi connectivity index (χ0n) is 8.06. The largest absolute Gasteiger partial charge is 0.313 e. The maximum absolute atomic E-state index is 3.61. The lowest BCUT2D eigenvalue weighted by molar-refractivity contribution is 0.527. The van der Waals surface area contributed by atoms with Gasteiger partial charge in [-0.3, -0.25) is 0 Å². The van der Waals surface area contributed by atoms with E-state index in [4.69, 9.17) is 0 Å². The molecular formula is C11H13Br2N. The Hall–Kier alpha value is 0.140. The smallest absolute Gasteiger partial charge is 0.0357 e. The van der Waals surface area contributed by atoms with Crippen molar-refractivity contribution in [1.29, 1.82) is 0 Å². The van der Waals surface area contributed by atoms with E-state index in [1.165, 1.54) is 22.9 Å². The third-order valence-corrected chi connectivity index (χ3v) is 3.88. The van der Waals surface area contributed by atoms with Gasteiger partial charge in [0.05, 0.1) is 0 Å². The monoisotopic (exact) mass is 317 g/mol. The Morgan fingerprint density at radius 1 is 1.36 bits per heavy atom. The summed E-state index contributed by atoms with van der Waals surface area (Å²) in [6.07, 6.45) is 2.71. The summed E-state index contributed by atoms with van der Waals surface area (Å²) in [5, 5.41) is 3.40. The molecule has 1 aliphatic rings. The summed E-state index contributed by atoms with van der Waals surface area (Å²) >= 11 is 7.08. The zero-order chi connectivity index (χ0) is 10.1. The molecular weight excluding hydrogens is 306 g/mol. The van der Waals surface area contributed by atoms with Crippen LogP contribution < -0.4 is 5.32 Å². The first-order chi connectivity index (χ1) is 6.72. The molecule has 0 spiro atoms. The average molecular weight is 319 g/mol. The van der Waals surface area contributed by atoms with Gasteiger partial charge in [-0.05, 0) is 43.5 Å². The Morgan fingerprint density at radius 3 is 2.57 bits per heavy atom. The summed E-state index contributed by atoms with van der Waals surface area (Å²) in [6, 6.07) is 6.92. The van der Waals surface area contributed by atoms with E-state index in [0.717, 1.165) is 10.4 Å². The molecule has 1 aromatic carbocycles. The maximum atomic E-state index is 3.61. The van der Waals surface area contributed by atoms with Crippen LogP contribution in [0, 0.1) is 5.92 Å². The van der Waals surface area contributed by atoms with Crippen LogP contribution >= 0.6 is 31.9 Å². The molecule has 1 aromatic rings. The predicted octanol–water partition coefficient (Wildman–Crippen LogP) is 3.88. The van der Waals surface area contributed by atoms with Gasteiger partial charge in [-0.1, -0.05) is 37.9 Å². The number of hydrogen-bond donors (Lipinski definition) is 1. The number of rotatable bonds is 3. The highest BCUT2D eigenvalue weighted by Gasteiger charge is 2.32. The first-order valence-electron chi connectivity index (χ1n) is 4.84. The molecule has 1 atom stereocenters. The summed E-state index contributed by atoms with van der Waals surface area (Å²) in [7, 11) is 2.04. The van der Waals surface area contributed by atoms with Gasteiger partial charge < -0.3 is 5.32 Å². The number of halogens is 2. The van der Waals surface area contributed by atoms with Gasteiger partial charge in [0.15, 0.2) is 0 Å². The van der Waals surface area contributed by atoms with Crippen LogP contribution in [0.15, 0.2) is 27.1 Å². The van der Waals surface area contributed by atoms with Gasteiger partial charge in [-0.2, -0.15) is 0 Å². The SMILES string of the molecule is CNC(c1ccc(Br)cc1Br)C1CC1. The van der Waals surface area contributed by atoms with Gasteiger partial charge in [0.2, 0.25) is 0 Å². The van der Waals surface area contributed by atoms with E-state index in [2.05, 4.69) is 55.4 Å². The van der Waals surface area contributed by atoms with Gasteiger partial charge in [0, 0.05) is 15.0 Å². The minimum Gasteiger partial charge on any atom is -0.313 e. The third kappa shape index (κ3) is 2.20. The van der Waals surface area contributed by atoms with Crippen molar-refractivity contribution in [3.8, 4) is 0 Å². The van der Waals surface area contributed by atoms with E-state index >= 15 is 0 Å². The number of hydrogen-bond acceptors (Lipinski definition) is 1.